The number of hydrogen-bond donors (Lipinski definition) is 1. The molecule has 2 aliphatic heterocycles. The molecule has 1 aliphatic carbocycles. The third-order valence-corrected chi connectivity index (χ3v) is 7.35. The molecule has 3 aromatic rings. The van der Waals surface area contributed by atoms with E-state index in [0.29, 0.717) is 42.3 Å². The lowest BCUT2D eigenvalue weighted by atomic mass is 9.71. The second-order valence-corrected chi connectivity index (χ2v) is 9.43. The number of fused-ring (bicyclic) bond motifs is 4. The van der Waals surface area contributed by atoms with E-state index in [0.717, 1.165) is 33.8 Å². The summed E-state index contributed by atoms with van der Waals surface area (Å²) < 4.78 is 5.63. The lowest BCUT2D eigenvalue weighted by molar-refractivity contribution is -0.116. The van der Waals surface area contributed by atoms with Gasteiger partial charge in [-0.05, 0) is 54.7 Å². The number of para-hydroxylation sites is 1. The van der Waals surface area contributed by atoms with Crippen LogP contribution in [0.15, 0.2) is 107 Å². The first-order valence-corrected chi connectivity index (χ1v) is 12.5. The summed E-state index contributed by atoms with van der Waals surface area (Å²) in [5.74, 6) is 1.18. The van der Waals surface area contributed by atoms with Crippen molar-refractivity contribution in [1.82, 2.24) is 0 Å². The number of carbonyl (C=O) groups is 1. The Balaban J connectivity index is 1.58. The maximum atomic E-state index is 14.0. The van der Waals surface area contributed by atoms with Crippen molar-refractivity contribution in [2.75, 3.05) is 11.5 Å². The second-order valence-electron chi connectivity index (χ2n) is 9.43. The Kier molecular flexibility index (Phi) is 5.61. The fourth-order valence-corrected chi connectivity index (χ4v) is 5.73. The first kappa shape index (κ1) is 22.8. The maximum absolute atomic E-state index is 14.0. The number of nitrogens with two attached hydrogens (primary N) is 1. The minimum Gasteiger partial charge on any atom is -0.494 e. The molecule has 3 aromatic carbocycles. The summed E-state index contributed by atoms with van der Waals surface area (Å²) in [4.78, 5) is 20.7. The fraction of sp³-hybridized carbons (Fsp3) is 0.194. The molecule has 0 aromatic heterocycles. The number of carbonyl (C=O) groups excluding carboxylic acids is 1. The van der Waals surface area contributed by atoms with Crippen LogP contribution in [-0.2, 0) is 4.79 Å². The van der Waals surface area contributed by atoms with Crippen LogP contribution in [0.1, 0.15) is 48.3 Å². The highest BCUT2D eigenvalue weighted by atomic mass is 16.5. The number of ketones is 1. The van der Waals surface area contributed by atoms with Gasteiger partial charge in [0.05, 0.1) is 29.9 Å². The van der Waals surface area contributed by atoms with Gasteiger partial charge in [0.15, 0.2) is 11.6 Å². The van der Waals surface area contributed by atoms with E-state index in [-0.39, 0.29) is 11.7 Å². The Morgan fingerprint density at radius 3 is 2.46 bits per heavy atom. The van der Waals surface area contributed by atoms with Gasteiger partial charge in [-0.1, -0.05) is 54.6 Å². The molecule has 2 heterocycles. The molecule has 3 aliphatic rings. The monoisotopic (exact) mass is 486 g/mol. The number of rotatable bonds is 4. The van der Waals surface area contributed by atoms with Crippen LogP contribution in [0, 0.1) is 11.3 Å². The Morgan fingerprint density at radius 1 is 1.00 bits per heavy atom. The molecule has 0 fully saturated rings. The number of allylic oxidation sites excluding steroid dienone is 3. The molecule has 0 bridgehead atoms. The third-order valence-electron chi connectivity index (χ3n) is 7.35. The highest BCUT2D eigenvalue weighted by molar-refractivity contribution is 6.08. The standard InChI is InChI=1S/C31H26N4O2/c1-2-37-22-14-12-20(13-15-22)28-24(18-32)31-34-30(33)23-10-6-7-11-25(23)35(31)26-16-21(17-27(36)29(26)28)19-8-4-3-5-9-19/h3-15,21,28H,2,16-17H2,1H3,(H2,33,34)/t21-,28+/m1/s1. The van der Waals surface area contributed by atoms with E-state index in [1.54, 1.807) is 0 Å². The first-order chi connectivity index (χ1) is 18.1. The molecular weight excluding hydrogens is 460 g/mol. The number of anilines is 1. The highest BCUT2D eigenvalue weighted by Crippen LogP contribution is 2.51. The van der Waals surface area contributed by atoms with Gasteiger partial charge >= 0.3 is 0 Å². The zero-order chi connectivity index (χ0) is 25.5. The van der Waals surface area contributed by atoms with Gasteiger partial charge in [0.25, 0.3) is 0 Å². The van der Waals surface area contributed by atoms with E-state index >= 15 is 0 Å². The van der Waals surface area contributed by atoms with Crippen LogP contribution in [0.25, 0.3) is 0 Å². The molecule has 0 spiro atoms. The van der Waals surface area contributed by atoms with Gasteiger partial charge in [-0.15, -0.1) is 0 Å². The van der Waals surface area contributed by atoms with Crippen molar-refractivity contribution in [2.45, 2.75) is 31.6 Å². The van der Waals surface area contributed by atoms with E-state index in [9.17, 15) is 10.1 Å². The van der Waals surface area contributed by atoms with Crippen molar-refractivity contribution >= 4 is 17.3 Å². The first-order valence-electron chi connectivity index (χ1n) is 12.5. The topological polar surface area (TPSA) is 91.7 Å². The van der Waals surface area contributed by atoms with Crippen LogP contribution < -0.4 is 15.4 Å². The van der Waals surface area contributed by atoms with E-state index in [2.05, 4.69) is 18.2 Å². The number of aliphatic imine (C=N–C) groups is 1. The number of amidine groups is 1. The van der Waals surface area contributed by atoms with Crippen LogP contribution in [-0.4, -0.2) is 18.2 Å². The fourth-order valence-electron chi connectivity index (χ4n) is 5.73. The molecule has 2 atom stereocenters. The average Bonchev–Trinajstić information content (AvgIpc) is 2.93. The predicted molar refractivity (Wildman–Crippen MR) is 143 cm³/mol. The van der Waals surface area contributed by atoms with Crippen molar-refractivity contribution < 1.29 is 9.53 Å². The molecule has 6 heteroatoms. The molecular formula is C31H26N4O2. The van der Waals surface area contributed by atoms with Gasteiger partial charge in [-0.2, -0.15) is 5.26 Å². The number of benzene rings is 3. The van der Waals surface area contributed by atoms with Crippen molar-refractivity contribution in [1.29, 1.82) is 5.26 Å². The van der Waals surface area contributed by atoms with Crippen molar-refractivity contribution in [2.24, 2.45) is 10.7 Å². The van der Waals surface area contributed by atoms with E-state index < -0.39 is 5.92 Å². The van der Waals surface area contributed by atoms with Gasteiger partial charge in [0.1, 0.15) is 11.6 Å². The van der Waals surface area contributed by atoms with Gasteiger partial charge in [0.2, 0.25) is 0 Å². The van der Waals surface area contributed by atoms with Gasteiger partial charge < -0.3 is 10.5 Å². The van der Waals surface area contributed by atoms with Gasteiger partial charge in [-0.3, -0.25) is 9.69 Å². The Hall–Kier alpha value is -4.63. The lowest BCUT2D eigenvalue weighted by Gasteiger charge is -2.43. The highest BCUT2D eigenvalue weighted by Gasteiger charge is 2.45. The smallest absolute Gasteiger partial charge is 0.162 e. The van der Waals surface area contributed by atoms with Crippen LogP contribution in [0.4, 0.5) is 5.69 Å². The summed E-state index contributed by atoms with van der Waals surface area (Å²) in [6.45, 7) is 2.50. The van der Waals surface area contributed by atoms with E-state index in [1.165, 1.54) is 0 Å². The Labute approximate surface area is 216 Å². The Morgan fingerprint density at radius 2 is 1.73 bits per heavy atom. The van der Waals surface area contributed by atoms with Gasteiger partial charge in [0, 0.05) is 23.3 Å². The molecule has 6 nitrogen and oxygen atoms in total. The normalized spacial score (nSPS) is 20.5. The summed E-state index contributed by atoms with van der Waals surface area (Å²) in [5, 5.41) is 10.4. The SMILES string of the molecule is CCOc1ccc([C@H]2C(C#N)=C3N=C(N)c4ccccc4N3C3=C2C(=O)C[C@H](c2ccccc2)C3)cc1. The van der Waals surface area contributed by atoms with Crippen LogP contribution in [0.5, 0.6) is 5.75 Å². The minimum absolute atomic E-state index is 0.0359. The molecule has 0 radical (unpaired) electrons. The number of nitriles is 1. The lowest BCUT2D eigenvalue weighted by Crippen LogP contribution is -2.40. The van der Waals surface area contributed by atoms with Crippen LogP contribution >= 0.6 is 0 Å². The predicted octanol–water partition coefficient (Wildman–Crippen LogP) is 5.54. The summed E-state index contributed by atoms with van der Waals surface area (Å²) >= 11 is 0. The summed E-state index contributed by atoms with van der Waals surface area (Å²) in [5.41, 5.74) is 12.0. The quantitative estimate of drug-likeness (QED) is 0.522. The number of nitrogens with zero attached hydrogens (tertiary/aromatic N) is 3. The largest absolute Gasteiger partial charge is 0.494 e. The van der Waals surface area contributed by atoms with Crippen LogP contribution in [0.3, 0.4) is 0 Å². The molecule has 0 unspecified atom stereocenters. The molecule has 6 rings (SSSR count). The van der Waals surface area contributed by atoms with E-state index in [1.807, 2.05) is 78.6 Å². The van der Waals surface area contributed by atoms with Crippen molar-refractivity contribution in [3.8, 4) is 11.8 Å². The molecule has 2 N–H and O–H groups in total. The minimum atomic E-state index is -0.520. The number of hydrogen-bond acceptors (Lipinski definition) is 6. The van der Waals surface area contributed by atoms with Crippen LogP contribution in [0.2, 0.25) is 0 Å². The summed E-state index contributed by atoms with van der Waals surface area (Å²) in [6.07, 6.45) is 1.05. The van der Waals surface area contributed by atoms with E-state index in [4.69, 9.17) is 15.5 Å². The second kappa shape index (κ2) is 9.11. The number of ether oxygens (including phenoxy) is 1. The zero-order valence-corrected chi connectivity index (χ0v) is 20.5. The van der Waals surface area contributed by atoms with Crippen molar-refractivity contribution in [3.63, 3.8) is 0 Å². The average molecular weight is 487 g/mol. The molecule has 37 heavy (non-hydrogen) atoms. The summed E-state index contributed by atoms with van der Waals surface area (Å²) in [7, 11) is 0. The van der Waals surface area contributed by atoms with Gasteiger partial charge in [-0.25, -0.2) is 4.99 Å². The Bertz CT molecular complexity index is 1530. The molecule has 182 valence electrons. The summed E-state index contributed by atoms with van der Waals surface area (Å²) in [6, 6.07) is 28.0. The molecule has 0 saturated heterocycles. The van der Waals surface area contributed by atoms with Crippen molar-refractivity contribution in [3.05, 3.63) is 118 Å². The maximum Gasteiger partial charge on any atom is 0.162 e. The molecule has 0 amide bonds. The molecule has 0 saturated carbocycles. The number of Topliss-reactive ketones (excluding diaryl/α,β-unsaturated/α-hetero) is 1. The third kappa shape index (κ3) is 3.71. The zero-order valence-electron chi connectivity index (χ0n) is 20.5.